The molecule has 0 amide bonds. The number of Topliss-reactive ketones (excluding diaryl/α,β-unsaturated/α-hetero) is 1. The highest BCUT2D eigenvalue weighted by Crippen LogP contribution is 2.32. The topological polar surface area (TPSA) is 68.3 Å². The molecule has 1 N–H and O–H groups in total. The van der Waals surface area contributed by atoms with Gasteiger partial charge >= 0.3 is 5.97 Å². The first-order valence-corrected chi connectivity index (χ1v) is 11.7. The summed E-state index contributed by atoms with van der Waals surface area (Å²) in [7, 11) is 0. The molecule has 4 rings (SSSR count). The van der Waals surface area contributed by atoms with Crippen LogP contribution in [0, 0.1) is 23.5 Å². The van der Waals surface area contributed by atoms with Crippen molar-refractivity contribution in [2.45, 2.75) is 25.4 Å². The number of nitrogens with one attached hydrogen (secondary N) is 1. The summed E-state index contributed by atoms with van der Waals surface area (Å²) in [6.07, 6.45) is 2.00. The van der Waals surface area contributed by atoms with Gasteiger partial charge in [-0.2, -0.15) is 0 Å². The van der Waals surface area contributed by atoms with Crippen molar-refractivity contribution in [2.75, 3.05) is 13.1 Å². The van der Waals surface area contributed by atoms with Crippen molar-refractivity contribution in [3.8, 4) is 0 Å². The third kappa shape index (κ3) is 5.89. The Morgan fingerprint density at radius 3 is 2.24 bits per heavy atom. The molecule has 1 aliphatic heterocycles. The lowest BCUT2D eigenvalue weighted by molar-refractivity contribution is -0.148. The van der Waals surface area contributed by atoms with Crippen molar-refractivity contribution in [1.82, 2.24) is 10.3 Å². The quantitative estimate of drug-likeness (QED) is 0.373. The van der Waals surface area contributed by atoms with E-state index < -0.39 is 29.6 Å². The van der Waals surface area contributed by atoms with E-state index in [2.05, 4.69) is 10.3 Å². The molecule has 0 spiro atoms. The van der Waals surface area contributed by atoms with Gasteiger partial charge in [-0.15, -0.1) is 11.3 Å². The Kier molecular flexibility index (Phi) is 7.57. The van der Waals surface area contributed by atoms with Crippen molar-refractivity contribution >= 4 is 23.1 Å². The maximum absolute atomic E-state index is 13.9. The van der Waals surface area contributed by atoms with E-state index in [1.54, 1.807) is 23.7 Å². The number of aromatic nitrogens is 1. The minimum absolute atomic E-state index is 0.0250. The molecule has 2 aromatic carbocycles. The summed E-state index contributed by atoms with van der Waals surface area (Å²) < 4.78 is 33.6. The van der Waals surface area contributed by atoms with Crippen molar-refractivity contribution in [3.63, 3.8) is 0 Å². The standard InChI is InChI=1S/C25H24F2N2O3S/c26-19-5-1-3-17(13-19)24(18-4-2-6-20(27)14-18)32-22(30)15-21(16-7-9-28-10-8-16)23(31)25-29-11-12-33-25/h1-6,11-14,16,21,24,28H,7-10,15H2. The third-order valence-corrected chi connectivity index (χ3v) is 6.66. The van der Waals surface area contributed by atoms with Gasteiger partial charge in [0.15, 0.2) is 16.9 Å². The van der Waals surface area contributed by atoms with Crippen molar-refractivity contribution in [2.24, 2.45) is 11.8 Å². The van der Waals surface area contributed by atoms with Crippen LogP contribution < -0.4 is 5.32 Å². The molecule has 1 saturated heterocycles. The van der Waals surface area contributed by atoms with Crippen molar-refractivity contribution in [3.05, 3.63) is 87.9 Å². The first kappa shape index (κ1) is 23.2. The van der Waals surface area contributed by atoms with Gasteiger partial charge in [0.2, 0.25) is 0 Å². The molecule has 1 unspecified atom stereocenters. The number of nitrogens with zero attached hydrogens (tertiary/aromatic N) is 1. The van der Waals surface area contributed by atoms with Crippen LogP contribution in [0.2, 0.25) is 0 Å². The van der Waals surface area contributed by atoms with Gasteiger partial charge < -0.3 is 10.1 Å². The van der Waals surface area contributed by atoms with Crippen LogP contribution in [0.3, 0.4) is 0 Å². The number of hydrogen-bond donors (Lipinski definition) is 1. The fourth-order valence-corrected chi connectivity index (χ4v) is 4.89. The maximum Gasteiger partial charge on any atom is 0.307 e. The second-order valence-electron chi connectivity index (χ2n) is 8.08. The highest BCUT2D eigenvalue weighted by molar-refractivity contribution is 7.11. The van der Waals surface area contributed by atoms with Crippen molar-refractivity contribution < 1.29 is 23.1 Å². The van der Waals surface area contributed by atoms with Gasteiger partial charge in [0.25, 0.3) is 0 Å². The minimum Gasteiger partial charge on any atom is -0.453 e. The summed E-state index contributed by atoms with van der Waals surface area (Å²) in [4.78, 5) is 30.4. The molecule has 3 aromatic rings. The van der Waals surface area contributed by atoms with Crippen LogP contribution >= 0.6 is 11.3 Å². The molecule has 1 atom stereocenters. The molecule has 172 valence electrons. The molecule has 0 radical (unpaired) electrons. The number of carbonyl (C=O) groups is 2. The highest BCUT2D eigenvalue weighted by Gasteiger charge is 2.34. The molecule has 8 heteroatoms. The zero-order chi connectivity index (χ0) is 23.2. The number of halogens is 2. The number of carbonyl (C=O) groups excluding carboxylic acids is 2. The number of ether oxygens (including phenoxy) is 1. The molecule has 33 heavy (non-hydrogen) atoms. The van der Waals surface area contributed by atoms with E-state index in [9.17, 15) is 18.4 Å². The monoisotopic (exact) mass is 470 g/mol. The van der Waals surface area contributed by atoms with Gasteiger partial charge in [-0.1, -0.05) is 24.3 Å². The predicted molar refractivity (Wildman–Crippen MR) is 121 cm³/mol. The van der Waals surface area contributed by atoms with Gasteiger partial charge in [0.05, 0.1) is 6.42 Å². The number of benzene rings is 2. The zero-order valence-corrected chi connectivity index (χ0v) is 18.7. The normalized spacial score (nSPS) is 15.4. The van der Waals surface area contributed by atoms with Crippen LogP contribution in [0.1, 0.15) is 46.3 Å². The second kappa shape index (κ2) is 10.8. The van der Waals surface area contributed by atoms with E-state index in [1.807, 2.05) is 0 Å². The lowest BCUT2D eigenvalue weighted by Gasteiger charge is -2.29. The summed E-state index contributed by atoms with van der Waals surface area (Å²) in [6, 6.07) is 11.3. The Labute approximate surface area is 194 Å². The van der Waals surface area contributed by atoms with Crippen molar-refractivity contribution in [1.29, 1.82) is 0 Å². The number of ketones is 1. The molecule has 0 bridgehead atoms. The molecule has 1 aliphatic rings. The largest absolute Gasteiger partial charge is 0.453 e. The van der Waals surface area contributed by atoms with E-state index >= 15 is 0 Å². The average Bonchev–Trinajstić information content (AvgIpc) is 3.36. The molecule has 0 aliphatic carbocycles. The Bertz CT molecular complexity index is 1060. The highest BCUT2D eigenvalue weighted by atomic mass is 32.1. The third-order valence-electron chi connectivity index (χ3n) is 5.87. The maximum atomic E-state index is 13.9. The number of esters is 1. The molecule has 0 saturated carbocycles. The van der Waals surface area contributed by atoms with Crippen LogP contribution in [-0.2, 0) is 9.53 Å². The summed E-state index contributed by atoms with van der Waals surface area (Å²) in [5, 5.41) is 5.38. The fourth-order valence-electron chi connectivity index (χ4n) is 4.25. The summed E-state index contributed by atoms with van der Waals surface area (Å²) in [5.41, 5.74) is 0.775. The van der Waals surface area contributed by atoms with E-state index in [1.165, 1.54) is 47.7 Å². The van der Waals surface area contributed by atoms with Crippen LogP contribution in [-0.4, -0.2) is 29.8 Å². The van der Waals surface area contributed by atoms with Crippen LogP contribution in [0.25, 0.3) is 0 Å². The van der Waals surface area contributed by atoms with Gasteiger partial charge in [-0.3, -0.25) is 9.59 Å². The van der Waals surface area contributed by atoms with E-state index in [0.717, 1.165) is 25.9 Å². The Balaban J connectivity index is 1.58. The van der Waals surface area contributed by atoms with E-state index in [-0.39, 0.29) is 18.1 Å². The zero-order valence-electron chi connectivity index (χ0n) is 17.9. The predicted octanol–water partition coefficient (Wildman–Crippen LogP) is 4.94. The van der Waals surface area contributed by atoms with Crippen LogP contribution in [0.5, 0.6) is 0 Å². The number of piperidine rings is 1. The Morgan fingerprint density at radius 2 is 1.70 bits per heavy atom. The molecule has 1 aromatic heterocycles. The smallest absolute Gasteiger partial charge is 0.307 e. The second-order valence-corrected chi connectivity index (χ2v) is 8.97. The van der Waals surface area contributed by atoms with E-state index in [0.29, 0.717) is 16.1 Å². The van der Waals surface area contributed by atoms with Gasteiger partial charge in [-0.25, -0.2) is 13.8 Å². The first-order valence-electron chi connectivity index (χ1n) is 10.9. The SMILES string of the molecule is O=C(CC(C(=O)c1nccs1)C1CCNCC1)OC(c1cccc(F)c1)c1cccc(F)c1. The average molecular weight is 471 g/mol. The lowest BCUT2D eigenvalue weighted by atomic mass is 9.80. The van der Waals surface area contributed by atoms with Crippen LogP contribution in [0.15, 0.2) is 60.1 Å². The Morgan fingerprint density at radius 1 is 1.06 bits per heavy atom. The van der Waals surface area contributed by atoms with E-state index in [4.69, 9.17) is 4.74 Å². The summed E-state index contributed by atoms with van der Waals surface area (Å²) >= 11 is 1.25. The molecular formula is C25H24F2N2O3S. The number of rotatable bonds is 8. The first-order chi connectivity index (χ1) is 16.0. The molecule has 2 heterocycles. The number of hydrogen-bond acceptors (Lipinski definition) is 6. The van der Waals surface area contributed by atoms with Gasteiger partial charge in [0.1, 0.15) is 11.6 Å². The minimum atomic E-state index is -0.993. The molecule has 5 nitrogen and oxygen atoms in total. The van der Waals surface area contributed by atoms with Gasteiger partial charge in [-0.05, 0) is 67.2 Å². The molecular weight excluding hydrogens is 446 g/mol. The summed E-state index contributed by atoms with van der Waals surface area (Å²) in [6.45, 7) is 1.55. The lowest BCUT2D eigenvalue weighted by Crippen LogP contribution is -2.36. The fraction of sp³-hybridized carbons (Fsp3) is 0.320. The van der Waals surface area contributed by atoms with Crippen LogP contribution in [0.4, 0.5) is 8.78 Å². The Hall–Kier alpha value is -2.97. The number of thiazole rings is 1. The molecule has 1 fully saturated rings. The van der Waals surface area contributed by atoms with Gasteiger partial charge in [0, 0.05) is 17.5 Å². The summed E-state index contributed by atoms with van der Waals surface area (Å²) in [5.74, 6) is -2.28.